The summed E-state index contributed by atoms with van der Waals surface area (Å²) >= 11 is 0. The summed E-state index contributed by atoms with van der Waals surface area (Å²) in [5.41, 5.74) is 2.96. The molecule has 63 valence electrons. The molecule has 0 unspecified atom stereocenters. The van der Waals surface area contributed by atoms with E-state index in [1.54, 1.807) is 5.92 Å². The van der Waals surface area contributed by atoms with Crippen molar-refractivity contribution in [3.05, 3.63) is 41.3 Å². The first kappa shape index (κ1) is 7.85. The van der Waals surface area contributed by atoms with E-state index in [2.05, 4.69) is 31.2 Å². The molecule has 1 aliphatic carbocycles. The Labute approximate surface area is 74.6 Å². The van der Waals surface area contributed by atoms with Crippen LogP contribution in [-0.4, -0.2) is 0 Å². The van der Waals surface area contributed by atoms with Gasteiger partial charge in [-0.05, 0) is 43.2 Å². The number of hydrogen-bond donors (Lipinski definition) is 0. The lowest BCUT2D eigenvalue weighted by Crippen LogP contribution is -2.11. The van der Waals surface area contributed by atoms with Crippen LogP contribution in [0.2, 0.25) is 0 Å². The number of hydrogen-bond acceptors (Lipinski definition) is 0. The number of rotatable bonds is 2. The second-order valence-electron chi connectivity index (χ2n) is 3.71. The predicted molar refractivity (Wildman–Crippen MR) is 52.0 cm³/mol. The minimum absolute atomic E-state index is 1.23. The molecule has 0 aliphatic heterocycles. The Morgan fingerprint density at radius 2 is 1.92 bits per heavy atom. The van der Waals surface area contributed by atoms with Gasteiger partial charge >= 0.3 is 0 Å². The van der Waals surface area contributed by atoms with Gasteiger partial charge < -0.3 is 0 Å². The summed E-state index contributed by atoms with van der Waals surface area (Å²) in [6.07, 6.45) is 5.39. The van der Waals surface area contributed by atoms with Crippen LogP contribution < -0.4 is 0 Å². The summed E-state index contributed by atoms with van der Waals surface area (Å²) in [5, 5.41) is 0. The van der Waals surface area contributed by atoms with Crippen molar-refractivity contribution in [1.29, 1.82) is 0 Å². The van der Waals surface area contributed by atoms with Crippen molar-refractivity contribution in [3.8, 4) is 0 Å². The topological polar surface area (TPSA) is 0 Å². The van der Waals surface area contributed by atoms with Crippen molar-refractivity contribution in [3.63, 3.8) is 0 Å². The van der Waals surface area contributed by atoms with Gasteiger partial charge in [0.1, 0.15) is 0 Å². The summed E-state index contributed by atoms with van der Waals surface area (Å²) in [7, 11) is 0. The van der Waals surface area contributed by atoms with E-state index < -0.39 is 0 Å². The quantitative estimate of drug-likeness (QED) is 0.621. The molecule has 1 aromatic carbocycles. The van der Waals surface area contributed by atoms with Gasteiger partial charge in [-0.2, -0.15) is 0 Å². The van der Waals surface area contributed by atoms with Gasteiger partial charge in [-0.3, -0.25) is 0 Å². The maximum atomic E-state index is 2.25. The molecule has 0 amide bonds. The Morgan fingerprint density at radius 3 is 2.50 bits per heavy atom. The summed E-state index contributed by atoms with van der Waals surface area (Å²) < 4.78 is 0. The van der Waals surface area contributed by atoms with Crippen molar-refractivity contribution in [1.82, 2.24) is 0 Å². The standard InChI is InChI=1S/C12H15/c1-10-5-2-3-8-12(10)9-11-6-4-7-11/h2-3,5,8H,4,6-7,9H2,1H3. The number of benzene rings is 1. The maximum absolute atomic E-state index is 2.25. The highest BCUT2D eigenvalue weighted by atomic mass is 14.2. The third kappa shape index (κ3) is 1.52. The minimum Gasteiger partial charge on any atom is -0.0620 e. The zero-order chi connectivity index (χ0) is 8.39. The Kier molecular flexibility index (Phi) is 2.16. The van der Waals surface area contributed by atoms with Gasteiger partial charge in [0.2, 0.25) is 0 Å². The minimum atomic E-state index is 1.23. The van der Waals surface area contributed by atoms with E-state index in [-0.39, 0.29) is 0 Å². The fraction of sp³-hybridized carbons (Fsp3) is 0.417. The van der Waals surface area contributed by atoms with Crippen molar-refractivity contribution in [2.24, 2.45) is 0 Å². The van der Waals surface area contributed by atoms with Crippen molar-refractivity contribution < 1.29 is 0 Å². The molecule has 0 spiro atoms. The average Bonchev–Trinajstić information content (AvgIpc) is 2.00. The smallest absolute Gasteiger partial charge is 0.0197 e. The summed E-state index contributed by atoms with van der Waals surface area (Å²) in [4.78, 5) is 0. The molecule has 2 rings (SSSR count). The van der Waals surface area contributed by atoms with Gasteiger partial charge in [-0.1, -0.05) is 30.7 Å². The van der Waals surface area contributed by atoms with Crippen LogP contribution in [0.3, 0.4) is 0 Å². The zero-order valence-electron chi connectivity index (χ0n) is 7.64. The second kappa shape index (κ2) is 3.30. The SMILES string of the molecule is Cc1ccccc1C[C]1CCC1. The van der Waals surface area contributed by atoms with Gasteiger partial charge in [-0.15, -0.1) is 0 Å². The van der Waals surface area contributed by atoms with E-state index >= 15 is 0 Å². The summed E-state index contributed by atoms with van der Waals surface area (Å²) in [6, 6.07) is 8.71. The van der Waals surface area contributed by atoms with Gasteiger partial charge in [0.15, 0.2) is 0 Å². The molecule has 0 atom stereocenters. The molecule has 1 saturated carbocycles. The molecule has 1 fully saturated rings. The first-order valence-electron chi connectivity index (χ1n) is 4.74. The van der Waals surface area contributed by atoms with Crippen molar-refractivity contribution in [2.75, 3.05) is 0 Å². The lowest BCUT2D eigenvalue weighted by Gasteiger charge is -2.25. The van der Waals surface area contributed by atoms with E-state index in [4.69, 9.17) is 0 Å². The van der Waals surface area contributed by atoms with E-state index in [0.717, 1.165) is 0 Å². The average molecular weight is 159 g/mol. The highest BCUT2D eigenvalue weighted by Crippen LogP contribution is 2.32. The first-order valence-corrected chi connectivity index (χ1v) is 4.74. The molecular formula is C12H15. The molecule has 0 heteroatoms. The lowest BCUT2D eigenvalue weighted by molar-refractivity contribution is 0.527. The Morgan fingerprint density at radius 1 is 1.17 bits per heavy atom. The highest BCUT2D eigenvalue weighted by molar-refractivity contribution is 5.29. The van der Waals surface area contributed by atoms with Gasteiger partial charge in [-0.25, -0.2) is 0 Å². The van der Waals surface area contributed by atoms with E-state index in [0.29, 0.717) is 0 Å². The monoisotopic (exact) mass is 159 g/mol. The third-order valence-electron chi connectivity index (χ3n) is 2.76. The molecule has 12 heavy (non-hydrogen) atoms. The lowest BCUT2D eigenvalue weighted by atomic mass is 9.80. The normalized spacial score (nSPS) is 17.4. The van der Waals surface area contributed by atoms with Crippen LogP contribution in [-0.2, 0) is 6.42 Å². The van der Waals surface area contributed by atoms with Crippen LogP contribution in [0.4, 0.5) is 0 Å². The zero-order valence-corrected chi connectivity index (χ0v) is 7.64. The fourth-order valence-electron chi connectivity index (χ4n) is 1.68. The Hall–Kier alpha value is -0.780. The summed E-state index contributed by atoms with van der Waals surface area (Å²) in [6.45, 7) is 2.20. The molecule has 0 bridgehead atoms. The van der Waals surface area contributed by atoms with Crippen LogP contribution in [0.25, 0.3) is 0 Å². The molecule has 1 aliphatic rings. The number of aryl methyl sites for hydroxylation is 1. The van der Waals surface area contributed by atoms with Crippen LogP contribution in [0.1, 0.15) is 30.4 Å². The van der Waals surface area contributed by atoms with Gasteiger partial charge in [0, 0.05) is 0 Å². The summed E-state index contributed by atoms with van der Waals surface area (Å²) in [5.74, 6) is 1.74. The van der Waals surface area contributed by atoms with Crippen LogP contribution in [0.5, 0.6) is 0 Å². The predicted octanol–water partition coefficient (Wildman–Crippen LogP) is 3.30. The fourth-order valence-corrected chi connectivity index (χ4v) is 1.68. The first-order chi connectivity index (χ1) is 5.86. The Bertz CT molecular complexity index is 258. The molecule has 1 aromatic rings. The van der Waals surface area contributed by atoms with Crippen LogP contribution >= 0.6 is 0 Å². The Balaban J connectivity index is 2.06. The molecule has 0 saturated heterocycles. The second-order valence-corrected chi connectivity index (χ2v) is 3.71. The third-order valence-corrected chi connectivity index (χ3v) is 2.76. The highest BCUT2D eigenvalue weighted by Gasteiger charge is 2.18. The van der Waals surface area contributed by atoms with Crippen LogP contribution in [0.15, 0.2) is 24.3 Å². The van der Waals surface area contributed by atoms with Crippen molar-refractivity contribution in [2.45, 2.75) is 32.6 Å². The van der Waals surface area contributed by atoms with E-state index in [9.17, 15) is 0 Å². The van der Waals surface area contributed by atoms with E-state index in [1.165, 1.54) is 36.8 Å². The molecule has 1 radical (unpaired) electrons. The molecular weight excluding hydrogens is 144 g/mol. The van der Waals surface area contributed by atoms with Gasteiger partial charge in [0.25, 0.3) is 0 Å². The van der Waals surface area contributed by atoms with E-state index in [1.807, 2.05) is 0 Å². The maximum Gasteiger partial charge on any atom is -0.0197 e. The van der Waals surface area contributed by atoms with Gasteiger partial charge in [0.05, 0.1) is 0 Å². The van der Waals surface area contributed by atoms with Crippen LogP contribution in [0, 0.1) is 12.8 Å². The molecule has 0 N–H and O–H groups in total. The molecule has 0 heterocycles. The molecule has 0 nitrogen and oxygen atoms in total. The molecule has 0 aromatic heterocycles. The largest absolute Gasteiger partial charge is 0.0620 e. The van der Waals surface area contributed by atoms with Crippen molar-refractivity contribution >= 4 is 0 Å².